The van der Waals surface area contributed by atoms with Gasteiger partial charge in [-0.05, 0) is 30.3 Å². The quantitative estimate of drug-likeness (QED) is 0.840. The third-order valence-electron chi connectivity index (χ3n) is 1.82. The second-order valence-electron chi connectivity index (χ2n) is 2.81. The van der Waals surface area contributed by atoms with Crippen LogP contribution in [0.1, 0.15) is 10.5 Å². The van der Waals surface area contributed by atoms with Crippen LogP contribution < -0.4 is 5.73 Å². The van der Waals surface area contributed by atoms with Crippen molar-refractivity contribution in [3.05, 3.63) is 40.5 Å². The molecule has 2 rings (SSSR count). The van der Waals surface area contributed by atoms with Crippen LogP contribution in [0.25, 0.3) is 10.9 Å². The van der Waals surface area contributed by atoms with Gasteiger partial charge < -0.3 is 5.73 Å². The van der Waals surface area contributed by atoms with Crippen LogP contribution in [0.5, 0.6) is 0 Å². The van der Waals surface area contributed by atoms with Gasteiger partial charge >= 0.3 is 0 Å². The van der Waals surface area contributed by atoms with E-state index in [0.29, 0.717) is 5.52 Å². The van der Waals surface area contributed by atoms with E-state index in [1.54, 1.807) is 0 Å². The van der Waals surface area contributed by atoms with Gasteiger partial charge in [-0.2, -0.15) is 0 Å². The van der Waals surface area contributed by atoms with Crippen LogP contribution in [0.2, 0.25) is 0 Å². The third-order valence-corrected chi connectivity index (χ3v) is 2.31. The molecule has 4 heteroatoms. The molecule has 0 aliphatic rings. The number of aromatic nitrogens is 1. The predicted molar refractivity (Wildman–Crippen MR) is 56.8 cm³/mol. The van der Waals surface area contributed by atoms with E-state index in [-0.39, 0.29) is 5.69 Å². The predicted octanol–water partition coefficient (Wildman–Crippen LogP) is 1.90. The fourth-order valence-corrected chi connectivity index (χ4v) is 1.52. The number of nitrogens with zero attached hydrogens (tertiary/aromatic N) is 1. The van der Waals surface area contributed by atoms with E-state index in [2.05, 4.69) is 27.0 Å². The Morgan fingerprint density at radius 3 is 3.00 bits per heavy atom. The number of fused-ring (bicyclic) bond motifs is 1. The smallest absolute Gasteiger partial charge is 0.267 e. The van der Waals surface area contributed by atoms with Crippen LogP contribution in [-0.4, -0.2) is 10.9 Å². The Labute approximate surface area is 89.1 Å². The zero-order valence-corrected chi connectivity index (χ0v) is 8.71. The summed E-state index contributed by atoms with van der Waals surface area (Å²) in [6.45, 7) is 0. The van der Waals surface area contributed by atoms with Gasteiger partial charge in [0.1, 0.15) is 5.69 Å². The number of pyridine rings is 1. The van der Waals surface area contributed by atoms with Crippen LogP contribution in [0, 0.1) is 6.07 Å². The molecule has 69 valence electrons. The molecule has 0 aliphatic carbocycles. The minimum atomic E-state index is -0.536. The molecule has 1 aromatic heterocycles. The second-order valence-corrected chi connectivity index (χ2v) is 3.73. The number of nitrogens with two attached hydrogens (primary N) is 1. The van der Waals surface area contributed by atoms with Crippen molar-refractivity contribution in [2.45, 2.75) is 0 Å². The minimum Gasteiger partial charge on any atom is -0.364 e. The number of primary amides is 1. The maximum absolute atomic E-state index is 10.8. The fourth-order valence-electron chi connectivity index (χ4n) is 1.16. The van der Waals surface area contributed by atoms with E-state index in [1.165, 1.54) is 6.07 Å². The van der Waals surface area contributed by atoms with Gasteiger partial charge in [-0.3, -0.25) is 4.79 Å². The average molecular weight is 250 g/mol. The Balaban J connectivity index is 2.67. The summed E-state index contributed by atoms with van der Waals surface area (Å²) in [7, 11) is 0. The van der Waals surface area contributed by atoms with Crippen LogP contribution in [0.15, 0.2) is 28.7 Å². The van der Waals surface area contributed by atoms with Crippen LogP contribution in [0.4, 0.5) is 0 Å². The molecule has 0 saturated heterocycles. The molecule has 0 aliphatic heterocycles. The van der Waals surface area contributed by atoms with Gasteiger partial charge in [-0.1, -0.05) is 15.9 Å². The topological polar surface area (TPSA) is 56.0 Å². The van der Waals surface area contributed by atoms with Crippen molar-refractivity contribution < 1.29 is 4.79 Å². The summed E-state index contributed by atoms with van der Waals surface area (Å²) >= 11 is 3.34. The van der Waals surface area contributed by atoms with E-state index in [1.807, 2.05) is 18.2 Å². The molecule has 0 atom stereocenters. The molecule has 3 nitrogen and oxygen atoms in total. The molecule has 0 spiro atoms. The minimum absolute atomic E-state index is 0.236. The number of benzene rings is 1. The van der Waals surface area contributed by atoms with Gasteiger partial charge in [0, 0.05) is 9.86 Å². The van der Waals surface area contributed by atoms with Crippen molar-refractivity contribution in [2.75, 3.05) is 0 Å². The van der Waals surface area contributed by atoms with E-state index < -0.39 is 5.91 Å². The maximum atomic E-state index is 10.8. The molecule has 1 amide bonds. The summed E-state index contributed by atoms with van der Waals surface area (Å²) in [6.07, 6.45) is 0. The summed E-state index contributed by atoms with van der Waals surface area (Å²) in [5.74, 6) is -0.536. The normalized spacial score (nSPS) is 10.4. The SMILES string of the molecule is NC(=O)c1c[c]c2cc(Br)ccc2n1. The average Bonchev–Trinajstić information content (AvgIpc) is 2.16. The number of carbonyl (C=O) groups is 1. The summed E-state index contributed by atoms with van der Waals surface area (Å²) < 4.78 is 0.954. The van der Waals surface area contributed by atoms with Crippen LogP contribution in [-0.2, 0) is 0 Å². The van der Waals surface area contributed by atoms with Gasteiger partial charge in [0.2, 0.25) is 0 Å². The van der Waals surface area contributed by atoms with E-state index in [9.17, 15) is 4.79 Å². The summed E-state index contributed by atoms with van der Waals surface area (Å²) in [5, 5.41) is 0.851. The first-order chi connectivity index (χ1) is 6.66. The first kappa shape index (κ1) is 9.15. The van der Waals surface area contributed by atoms with Crippen molar-refractivity contribution in [3.8, 4) is 0 Å². The lowest BCUT2D eigenvalue weighted by atomic mass is 10.2. The van der Waals surface area contributed by atoms with Gasteiger partial charge in [0.05, 0.1) is 5.52 Å². The molecule has 2 N–H and O–H groups in total. The number of carbonyl (C=O) groups excluding carboxylic acids is 1. The van der Waals surface area contributed by atoms with Gasteiger partial charge in [0.25, 0.3) is 5.91 Å². The largest absolute Gasteiger partial charge is 0.364 e. The lowest BCUT2D eigenvalue weighted by molar-refractivity contribution is 0.0996. The summed E-state index contributed by atoms with van der Waals surface area (Å²) in [5.41, 5.74) is 6.05. The number of halogens is 1. The lowest BCUT2D eigenvalue weighted by Crippen LogP contribution is -2.12. The fraction of sp³-hybridized carbons (Fsp3) is 0. The third kappa shape index (κ3) is 1.61. The Hall–Kier alpha value is -1.42. The molecule has 0 unspecified atom stereocenters. The van der Waals surface area contributed by atoms with Gasteiger partial charge in [-0.15, -0.1) is 0 Å². The maximum Gasteiger partial charge on any atom is 0.267 e. The zero-order valence-electron chi connectivity index (χ0n) is 7.12. The molecular formula is C10H6BrN2O. The molecule has 0 bridgehead atoms. The van der Waals surface area contributed by atoms with E-state index in [4.69, 9.17) is 5.73 Å². The number of hydrogen-bond donors (Lipinski definition) is 1. The lowest BCUT2D eigenvalue weighted by Gasteiger charge is -1.99. The highest BCUT2D eigenvalue weighted by molar-refractivity contribution is 9.10. The van der Waals surface area contributed by atoms with E-state index in [0.717, 1.165) is 9.86 Å². The van der Waals surface area contributed by atoms with Gasteiger partial charge in [-0.25, -0.2) is 4.98 Å². The number of amides is 1. The van der Waals surface area contributed by atoms with Crippen molar-refractivity contribution in [1.82, 2.24) is 4.98 Å². The van der Waals surface area contributed by atoms with Crippen molar-refractivity contribution >= 4 is 32.7 Å². The first-order valence-electron chi connectivity index (χ1n) is 3.94. The van der Waals surface area contributed by atoms with Crippen molar-refractivity contribution in [2.24, 2.45) is 5.73 Å². The Morgan fingerprint density at radius 2 is 2.29 bits per heavy atom. The standard InChI is InChI=1S/C10H6BrN2O/c11-7-2-4-8-6(5-7)1-3-9(13-8)10(12)14/h2-5H,(H2,12,14). The number of rotatable bonds is 1. The summed E-state index contributed by atoms with van der Waals surface area (Å²) in [4.78, 5) is 14.9. The van der Waals surface area contributed by atoms with Crippen LogP contribution >= 0.6 is 15.9 Å². The highest BCUT2D eigenvalue weighted by Gasteiger charge is 2.03. The zero-order chi connectivity index (χ0) is 10.1. The number of hydrogen-bond acceptors (Lipinski definition) is 2. The highest BCUT2D eigenvalue weighted by Crippen LogP contribution is 2.17. The summed E-state index contributed by atoms with van der Waals surface area (Å²) in [6, 6.07) is 9.99. The Morgan fingerprint density at radius 1 is 1.50 bits per heavy atom. The molecule has 1 radical (unpaired) electrons. The molecule has 1 aromatic carbocycles. The molecule has 2 aromatic rings. The molecular weight excluding hydrogens is 244 g/mol. The molecule has 0 saturated carbocycles. The van der Waals surface area contributed by atoms with Crippen molar-refractivity contribution in [3.63, 3.8) is 0 Å². The highest BCUT2D eigenvalue weighted by atomic mass is 79.9. The van der Waals surface area contributed by atoms with Crippen molar-refractivity contribution in [1.29, 1.82) is 0 Å². The van der Waals surface area contributed by atoms with Gasteiger partial charge in [0.15, 0.2) is 0 Å². The molecule has 14 heavy (non-hydrogen) atoms. The Kier molecular flexibility index (Phi) is 2.21. The monoisotopic (exact) mass is 249 g/mol. The second kappa shape index (κ2) is 3.38. The van der Waals surface area contributed by atoms with Crippen LogP contribution in [0.3, 0.4) is 0 Å². The van der Waals surface area contributed by atoms with E-state index >= 15 is 0 Å². The molecule has 1 heterocycles. The molecule has 0 fully saturated rings. The first-order valence-corrected chi connectivity index (χ1v) is 4.74. The Bertz CT molecular complexity index is 510.